The molecule has 2 heterocycles. The average molecular weight is 436 g/mol. The van der Waals surface area contributed by atoms with Gasteiger partial charge in [0.25, 0.3) is 0 Å². The smallest absolute Gasteiger partial charge is 0.232 e. The molecule has 10 nitrogen and oxygen atoms in total. The van der Waals surface area contributed by atoms with E-state index in [1.54, 1.807) is 12.1 Å². The first-order valence-corrected chi connectivity index (χ1v) is 9.43. The second-order valence-electron chi connectivity index (χ2n) is 6.67. The summed E-state index contributed by atoms with van der Waals surface area (Å²) in [5, 5.41) is 32.7. The Hall–Kier alpha value is -2.84. The van der Waals surface area contributed by atoms with E-state index in [0.29, 0.717) is 17.9 Å². The fourth-order valence-electron chi connectivity index (χ4n) is 3.21. The fraction of sp³-hybridized carbons (Fsp3) is 0.421. The quantitative estimate of drug-likeness (QED) is 0.321. The minimum atomic E-state index is -1.11. The maximum Gasteiger partial charge on any atom is 0.232 e. The molecular formula is C19H22ClN5O5. The van der Waals surface area contributed by atoms with Crippen molar-refractivity contribution < 1.29 is 24.8 Å². The number of pyridine rings is 1. The van der Waals surface area contributed by atoms with Gasteiger partial charge in [-0.05, 0) is 12.5 Å². The molecule has 3 rings (SSSR count). The van der Waals surface area contributed by atoms with Gasteiger partial charge in [-0.25, -0.2) is 0 Å². The van der Waals surface area contributed by atoms with E-state index >= 15 is 0 Å². The molecule has 2 aromatic rings. The predicted octanol–water partition coefficient (Wildman–Crippen LogP) is 0.0387. The highest BCUT2D eigenvalue weighted by Gasteiger charge is 2.41. The van der Waals surface area contributed by atoms with Gasteiger partial charge in [0.2, 0.25) is 17.7 Å². The first kappa shape index (κ1) is 21.9. The van der Waals surface area contributed by atoms with Gasteiger partial charge < -0.3 is 35.8 Å². The van der Waals surface area contributed by atoms with E-state index in [2.05, 4.69) is 32.1 Å². The molecule has 0 unspecified atom stereocenters. The van der Waals surface area contributed by atoms with Gasteiger partial charge in [-0.2, -0.15) is 15.0 Å². The monoisotopic (exact) mass is 435 g/mol. The number of aliphatic hydroxyl groups excluding tert-OH is 3. The lowest BCUT2D eigenvalue weighted by Gasteiger charge is -2.19. The van der Waals surface area contributed by atoms with Gasteiger partial charge in [0.15, 0.2) is 5.15 Å². The maximum absolute atomic E-state index is 10.3. The van der Waals surface area contributed by atoms with Crippen molar-refractivity contribution in [2.75, 3.05) is 31.9 Å². The molecule has 0 radical (unpaired) electrons. The Morgan fingerprint density at radius 2 is 1.93 bits per heavy atom. The SMILES string of the molecule is COc1ccc(C#Cc2c(Cl)nc(N)nc2N[C@@H]2C[C@H](CO)[C@@H](O)[C@H]2O)c(OC)n1. The lowest BCUT2D eigenvalue weighted by molar-refractivity contribution is 0.00445. The molecule has 11 heteroatoms. The number of hydrogen-bond donors (Lipinski definition) is 5. The molecule has 2 aromatic heterocycles. The molecule has 0 aromatic carbocycles. The summed E-state index contributed by atoms with van der Waals surface area (Å²) in [4.78, 5) is 12.2. The number of nitrogens with zero attached hydrogens (tertiary/aromatic N) is 3. The molecule has 4 atom stereocenters. The van der Waals surface area contributed by atoms with Crippen LogP contribution >= 0.6 is 11.6 Å². The van der Waals surface area contributed by atoms with Crippen LogP contribution in [0.15, 0.2) is 12.1 Å². The van der Waals surface area contributed by atoms with Crippen molar-refractivity contribution in [1.29, 1.82) is 0 Å². The van der Waals surface area contributed by atoms with Crippen LogP contribution in [0, 0.1) is 17.8 Å². The number of nitrogen functional groups attached to an aromatic ring is 1. The van der Waals surface area contributed by atoms with E-state index in [9.17, 15) is 15.3 Å². The van der Waals surface area contributed by atoms with E-state index in [0.717, 1.165) is 0 Å². The Labute approximate surface area is 178 Å². The number of halogens is 1. The van der Waals surface area contributed by atoms with Crippen LogP contribution in [-0.2, 0) is 0 Å². The predicted molar refractivity (Wildman–Crippen MR) is 109 cm³/mol. The van der Waals surface area contributed by atoms with Crippen LogP contribution in [0.1, 0.15) is 17.5 Å². The molecular weight excluding hydrogens is 414 g/mol. The van der Waals surface area contributed by atoms with Crippen molar-refractivity contribution in [1.82, 2.24) is 15.0 Å². The topological polar surface area (TPSA) is 156 Å². The van der Waals surface area contributed by atoms with Crippen molar-refractivity contribution in [3.05, 3.63) is 28.4 Å². The normalized spacial score (nSPS) is 22.9. The Morgan fingerprint density at radius 3 is 2.57 bits per heavy atom. The van der Waals surface area contributed by atoms with Crippen LogP contribution in [0.5, 0.6) is 11.8 Å². The third kappa shape index (κ3) is 4.49. The first-order valence-electron chi connectivity index (χ1n) is 9.05. The van der Waals surface area contributed by atoms with Crippen LogP contribution in [0.25, 0.3) is 0 Å². The van der Waals surface area contributed by atoms with Crippen LogP contribution < -0.4 is 20.5 Å². The number of nitrogens with two attached hydrogens (primary N) is 1. The number of hydrogen-bond acceptors (Lipinski definition) is 10. The zero-order valence-corrected chi connectivity index (χ0v) is 17.1. The lowest BCUT2D eigenvalue weighted by atomic mass is 10.1. The van der Waals surface area contributed by atoms with E-state index in [1.165, 1.54) is 14.2 Å². The number of aliphatic hydroxyl groups is 3. The molecule has 0 aliphatic heterocycles. The molecule has 0 amide bonds. The molecule has 1 aliphatic carbocycles. The summed E-state index contributed by atoms with van der Waals surface area (Å²) in [6.07, 6.45) is -1.85. The summed E-state index contributed by atoms with van der Waals surface area (Å²) in [6.45, 7) is -0.250. The molecule has 1 aliphatic rings. The Kier molecular flexibility index (Phi) is 6.79. The molecule has 1 saturated carbocycles. The molecule has 0 saturated heterocycles. The Morgan fingerprint density at radius 1 is 1.17 bits per heavy atom. The highest BCUT2D eigenvalue weighted by Crippen LogP contribution is 2.31. The Bertz CT molecular complexity index is 980. The molecule has 6 N–H and O–H groups in total. The number of anilines is 2. The molecule has 0 spiro atoms. The lowest BCUT2D eigenvalue weighted by Crippen LogP contribution is -2.35. The van der Waals surface area contributed by atoms with Gasteiger partial charge in [0.05, 0.1) is 31.9 Å². The zero-order valence-electron chi connectivity index (χ0n) is 16.3. The van der Waals surface area contributed by atoms with Crippen molar-refractivity contribution in [2.24, 2.45) is 5.92 Å². The number of ether oxygens (including phenoxy) is 2. The van der Waals surface area contributed by atoms with E-state index < -0.39 is 24.2 Å². The second kappa shape index (κ2) is 9.32. The van der Waals surface area contributed by atoms with Gasteiger partial charge in [-0.3, -0.25) is 0 Å². The molecule has 30 heavy (non-hydrogen) atoms. The van der Waals surface area contributed by atoms with Gasteiger partial charge >= 0.3 is 0 Å². The average Bonchev–Trinajstić information content (AvgIpc) is 3.00. The highest BCUT2D eigenvalue weighted by molar-refractivity contribution is 6.31. The summed E-state index contributed by atoms with van der Waals surface area (Å²) in [5.74, 6) is 6.10. The number of rotatable bonds is 5. The number of nitrogens with one attached hydrogen (secondary N) is 1. The summed E-state index contributed by atoms with van der Waals surface area (Å²) < 4.78 is 10.3. The van der Waals surface area contributed by atoms with Gasteiger partial charge in [-0.1, -0.05) is 23.4 Å². The van der Waals surface area contributed by atoms with Crippen LogP contribution in [0.2, 0.25) is 5.15 Å². The Balaban J connectivity index is 1.95. The van der Waals surface area contributed by atoms with Crippen molar-refractivity contribution in [3.8, 4) is 23.6 Å². The number of methoxy groups -OCH3 is 2. The third-order valence-corrected chi connectivity index (χ3v) is 5.07. The second-order valence-corrected chi connectivity index (χ2v) is 7.03. The largest absolute Gasteiger partial charge is 0.481 e. The van der Waals surface area contributed by atoms with Crippen molar-refractivity contribution in [2.45, 2.75) is 24.7 Å². The highest BCUT2D eigenvalue weighted by atomic mass is 35.5. The van der Waals surface area contributed by atoms with Crippen molar-refractivity contribution in [3.63, 3.8) is 0 Å². The summed E-state index contributed by atoms with van der Waals surface area (Å²) in [7, 11) is 2.95. The van der Waals surface area contributed by atoms with Gasteiger partial charge in [0, 0.05) is 18.6 Å². The van der Waals surface area contributed by atoms with Crippen LogP contribution in [0.4, 0.5) is 11.8 Å². The van der Waals surface area contributed by atoms with Crippen LogP contribution in [-0.4, -0.2) is 69.3 Å². The standard InChI is InChI=1S/C19H22ClN5O5/c1-29-13-6-4-9(18(23-13)30-2)3-5-11-16(20)24-19(21)25-17(11)22-12-7-10(8-26)14(27)15(12)28/h4,6,10,12,14-15,26-28H,7-8H2,1-2H3,(H3,21,22,24,25)/t10-,12-,14-,15+/m1/s1. The van der Waals surface area contributed by atoms with Crippen molar-refractivity contribution >= 4 is 23.4 Å². The van der Waals surface area contributed by atoms with Gasteiger partial charge in [0.1, 0.15) is 17.5 Å². The third-order valence-electron chi connectivity index (χ3n) is 4.80. The van der Waals surface area contributed by atoms with E-state index in [4.69, 9.17) is 26.8 Å². The number of aromatic nitrogens is 3. The maximum atomic E-state index is 10.3. The fourth-order valence-corrected chi connectivity index (χ4v) is 3.43. The van der Waals surface area contributed by atoms with Crippen LogP contribution in [0.3, 0.4) is 0 Å². The van der Waals surface area contributed by atoms with E-state index in [-0.39, 0.29) is 35.0 Å². The minimum Gasteiger partial charge on any atom is -0.481 e. The summed E-state index contributed by atoms with van der Waals surface area (Å²) in [6, 6.07) is 2.73. The van der Waals surface area contributed by atoms with Gasteiger partial charge in [-0.15, -0.1) is 0 Å². The minimum absolute atomic E-state index is 0.0182. The molecule has 1 fully saturated rings. The molecule has 160 valence electrons. The first-order chi connectivity index (χ1) is 14.4. The molecule has 0 bridgehead atoms. The summed E-state index contributed by atoms with van der Waals surface area (Å²) in [5.41, 5.74) is 6.44. The summed E-state index contributed by atoms with van der Waals surface area (Å²) >= 11 is 6.24. The van der Waals surface area contributed by atoms with E-state index in [1.807, 2.05) is 0 Å². The zero-order chi connectivity index (χ0) is 21.8.